The molecule has 3 atom stereocenters. The Bertz CT molecular complexity index is 2670. The average Bonchev–Trinajstić information content (AvgIpc) is 4.04. The summed E-state index contributed by atoms with van der Waals surface area (Å²) in [6, 6.07) is 8.47. The largest absolute Gasteiger partial charge is 0.351 e. The quantitative estimate of drug-likeness (QED) is 0.0597. The van der Waals surface area contributed by atoms with Crippen molar-refractivity contribution >= 4 is 69.9 Å². The normalized spacial score (nSPS) is 18.4. The monoisotopic (exact) mass is 968 g/mol. The lowest BCUT2D eigenvalue weighted by atomic mass is 9.86. The summed E-state index contributed by atoms with van der Waals surface area (Å²) in [5, 5.41) is 11.7. The number of nitrogens with zero attached hydrogens (tertiary/aromatic N) is 2. The van der Waals surface area contributed by atoms with Crippen LogP contribution in [0.2, 0.25) is 0 Å². The topological polar surface area (TPSA) is 191 Å². The first-order valence-corrected chi connectivity index (χ1v) is 23.1. The van der Waals surface area contributed by atoms with Crippen molar-refractivity contribution in [1.29, 1.82) is 0 Å². The smallest absolute Gasteiger partial charge is 0.265 e. The molecular formula is C46H45F5N6O8S2. The summed E-state index contributed by atoms with van der Waals surface area (Å²) in [6.07, 6.45) is -0.175. The maximum absolute atomic E-state index is 13.7. The molecule has 2 fully saturated rings. The summed E-state index contributed by atoms with van der Waals surface area (Å²) in [5.74, 6) is -13.7. The third-order valence-electron chi connectivity index (χ3n) is 12.1. The predicted octanol–water partition coefficient (Wildman–Crippen LogP) is 5.75. The zero-order valence-corrected chi connectivity index (χ0v) is 38.2. The zero-order chi connectivity index (χ0) is 48.6. The number of hydrogen-bond donors (Lipinski definition) is 4. The number of amides is 8. The Balaban J connectivity index is 0.000000199. The average molecular weight is 969 g/mol. The Morgan fingerprint density at radius 3 is 1.82 bits per heavy atom. The van der Waals surface area contributed by atoms with Crippen molar-refractivity contribution in [3.63, 3.8) is 0 Å². The van der Waals surface area contributed by atoms with Crippen LogP contribution in [0.15, 0.2) is 35.7 Å². The number of thiophene rings is 2. The summed E-state index contributed by atoms with van der Waals surface area (Å²) in [7, 11) is 0. The molecule has 0 spiro atoms. The van der Waals surface area contributed by atoms with Crippen LogP contribution in [-0.2, 0) is 61.4 Å². The van der Waals surface area contributed by atoms with E-state index in [0.717, 1.165) is 27.3 Å². The van der Waals surface area contributed by atoms with Crippen LogP contribution in [-0.4, -0.2) is 69.1 Å². The number of hydrogen-bond acceptors (Lipinski definition) is 10. The van der Waals surface area contributed by atoms with Crippen molar-refractivity contribution in [2.24, 2.45) is 5.92 Å². The molecule has 14 nitrogen and oxygen atoms in total. The van der Waals surface area contributed by atoms with E-state index in [2.05, 4.69) is 47.2 Å². The maximum atomic E-state index is 13.7. The number of imide groups is 2. The lowest BCUT2D eigenvalue weighted by molar-refractivity contribution is -0.138. The van der Waals surface area contributed by atoms with E-state index in [4.69, 9.17) is 0 Å². The van der Waals surface area contributed by atoms with Gasteiger partial charge in [-0.2, -0.15) is 0 Å². The number of halogens is 5. The molecule has 0 saturated carbocycles. The number of rotatable bonds is 12. The highest BCUT2D eigenvalue weighted by atomic mass is 32.1. The second-order valence-corrected chi connectivity index (χ2v) is 19.3. The molecule has 0 aliphatic carbocycles. The van der Waals surface area contributed by atoms with Gasteiger partial charge in [0.05, 0.1) is 35.9 Å². The van der Waals surface area contributed by atoms with Crippen LogP contribution < -0.4 is 21.3 Å². The SMILES string of the molecule is CC(C)c1ccc(C(C(=O)NCc2scc3c2CN(C2CCC(=O)NC2=O)C3=O)C(C)C)cc1.O=C(Cc1c(F)c(F)c(F)c(F)c1F)NCc1cc2c(s1)C(=O)N(C1CCC(=O)NC1=O)C2. The van der Waals surface area contributed by atoms with Crippen LogP contribution in [0.1, 0.15) is 123 Å². The fourth-order valence-electron chi connectivity index (χ4n) is 8.46. The molecule has 4 N–H and O–H groups in total. The third-order valence-corrected chi connectivity index (χ3v) is 14.3. The van der Waals surface area contributed by atoms with Crippen molar-refractivity contribution in [3.05, 3.63) is 113 Å². The van der Waals surface area contributed by atoms with Crippen LogP contribution in [0, 0.1) is 35.0 Å². The Morgan fingerprint density at radius 1 is 0.731 bits per heavy atom. The summed E-state index contributed by atoms with van der Waals surface area (Å²) in [4.78, 5) is 103. The number of benzene rings is 2. The Labute approximate surface area is 388 Å². The highest BCUT2D eigenvalue weighted by Gasteiger charge is 2.42. The van der Waals surface area contributed by atoms with E-state index in [9.17, 15) is 60.3 Å². The standard InChI is InChI=1S/C26H31N3O4S.C20H14F5N3O4S/c1-14(2)16-5-7-17(8-6-16)23(15(3)4)25(32)27-11-21-18-12-29(26(33)19(18)13-34-21)20-9-10-22(30)28-24(20)31;21-13-9(14(22)16(24)17(25)15(13)23)4-12(30)26-5-8-3-7-6-28(20(32)18(7)33-8)10-1-2-11(29)27-19(10)31/h5-8,13-15,20,23H,9-12H2,1-4H3,(H,27,32)(H,28,30,31);3,10H,1-2,4-6H2,(H,26,30)(H,27,29,31). The maximum Gasteiger partial charge on any atom is 0.265 e. The fraction of sp³-hybridized carbons (Fsp3) is 0.391. The minimum Gasteiger partial charge on any atom is -0.351 e. The van der Waals surface area contributed by atoms with Crippen molar-refractivity contribution in [1.82, 2.24) is 31.1 Å². The molecule has 4 aliphatic heterocycles. The molecule has 21 heteroatoms. The van der Waals surface area contributed by atoms with Crippen LogP contribution in [0.5, 0.6) is 0 Å². The molecule has 2 aromatic heterocycles. The van der Waals surface area contributed by atoms with Gasteiger partial charge in [0.1, 0.15) is 12.1 Å². The molecule has 4 aromatic rings. The summed E-state index contributed by atoms with van der Waals surface area (Å²) in [6.45, 7) is 9.02. The Kier molecular flexibility index (Phi) is 14.4. The summed E-state index contributed by atoms with van der Waals surface area (Å²) >= 11 is 2.49. The molecule has 4 aliphatic rings. The van der Waals surface area contributed by atoms with Gasteiger partial charge in [-0.25, -0.2) is 22.0 Å². The molecule has 0 radical (unpaired) electrons. The van der Waals surface area contributed by atoms with Gasteiger partial charge < -0.3 is 20.4 Å². The molecule has 3 unspecified atom stereocenters. The summed E-state index contributed by atoms with van der Waals surface area (Å²) in [5.41, 5.74) is 3.05. The van der Waals surface area contributed by atoms with E-state index in [0.29, 0.717) is 46.3 Å². The van der Waals surface area contributed by atoms with Gasteiger partial charge in [-0.3, -0.25) is 49.0 Å². The van der Waals surface area contributed by atoms with Crippen molar-refractivity contribution in [2.45, 2.75) is 110 Å². The second kappa shape index (κ2) is 19.9. The van der Waals surface area contributed by atoms with E-state index < -0.39 is 82.7 Å². The molecule has 354 valence electrons. The van der Waals surface area contributed by atoms with E-state index in [1.807, 2.05) is 26.0 Å². The van der Waals surface area contributed by atoms with Gasteiger partial charge in [0.25, 0.3) is 11.8 Å². The fourth-order valence-corrected chi connectivity index (χ4v) is 10.5. The zero-order valence-electron chi connectivity index (χ0n) is 36.6. The molecule has 2 saturated heterocycles. The van der Waals surface area contributed by atoms with Gasteiger partial charge in [0.2, 0.25) is 41.3 Å². The lowest BCUT2D eigenvalue weighted by Gasteiger charge is -2.29. The molecule has 8 amide bonds. The van der Waals surface area contributed by atoms with Crippen LogP contribution in [0.4, 0.5) is 22.0 Å². The highest BCUT2D eigenvalue weighted by molar-refractivity contribution is 7.14. The first-order valence-electron chi connectivity index (χ1n) is 21.4. The molecule has 0 bridgehead atoms. The molecule has 67 heavy (non-hydrogen) atoms. The highest BCUT2D eigenvalue weighted by Crippen LogP contribution is 2.36. The predicted molar refractivity (Wildman–Crippen MR) is 232 cm³/mol. The van der Waals surface area contributed by atoms with E-state index >= 15 is 0 Å². The van der Waals surface area contributed by atoms with E-state index in [-0.39, 0.29) is 61.9 Å². The number of carbonyl (C=O) groups is 8. The van der Waals surface area contributed by atoms with Crippen molar-refractivity contribution < 1.29 is 60.3 Å². The molecule has 2 aromatic carbocycles. The molecular weight excluding hydrogens is 924 g/mol. The number of piperidine rings is 2. The van der Waals surface area contributed by atoms with Gasteiger partial charge in [-0.1, -0.05) is 52.0 Å². The first kappa shape index (κ1) is 48.6. The number of fused-ring (bicyclic) bond motifs is 2. The minimum atomic E-state index is -2.31. The minimum absolute atomic E-state index is 0.0409. The number of carbonyl (C=O) groups excluding carboxylic acids is 8. The first-order chi connectivity index (χ1) is 31.7. The summed E-state index contributed by atoms with van der Waals surface area (Å²) < 4.78 is 67.1. The van der Waals surface area contributed by atoms with Crippen molar-refractivity contribution in [2.75, 3.05) is 0 Å². The van der Waals surface area contributed by atoms with Gasteiger partial charge in [0.15, 0.2) is 23.3 Å². The third kappa shape index (κ3) is 10.0. The van der Waals surface area contributed by atoms with Crippen LogP contribution in [0.3, 0.4) is 0 Å². The van der Waals surface area contributed by atoms with Gasteiger partial charge in [0, 0.05) is 46.6 Å². The molecule has 6 heterocycles. The van der Waals surface area contributed by atoms with Gasteiger partial charge in [-0.15, -0.1) is 22.7 Å². The van der Waals surface area contributed by atoms with Gasteiger partial charge >= 0.3 is 0 Å². The van der Waals surface area contributed by atoms with E-state index in [1.54, 1.807) is 11.4 Å². The van der Waals surface area contributed by atoms with Crippen LogP contribution in [0.25, 0.3) is 0 Å². The Hall–Kier alpha value is -6.35. The second-order valence-electron chi connectivity index (χ2n) is 17.2. The van der Waals surface area contributed by atoms with E-state index in [1.165, 1.54) is 26.7 Å². The number of nitrogens with one attached hydrogen (secondary N) is 4. The van der Waals surface area contributed by atoms with Gasteiger partial charge in [-0.05, 0) is 53.0 Å². The van der Waals surface area contributed by atoms with Crippen molar-refractivity contribution in [3.8, 4) is 0 Å². The lowest BCUT2D eigenvalue weighted by Crippen LogP contribution is -2.52. The molecule has 8 rings (SSSR count). The van der Waals surface area contributed by atoms with Crippen LogP contribution >= 0.6 is 22.7 Å². The Morgan fingerprint density at radius 2 is 1.28 bits per heavy atom.